The molecule has 7 nitrogen and oxygen atoms in total. The van der Waals surface area contributed by atoms with Gasteiger partial charge in [0, 0.05) is 29.4 Å². The van der Waals surface area contributed by atoms with E-state index >= 15 is 0 Å². The number of hydrogen-bond donors (Lipinski definition) is 0. The van der Waals surface area contributed by atoms with E-state index in [0.717, 1.165) is 0 Å². The Balaban J connectivity index is 1.83. The zero-order valence-corrected chi connectivity index (χ0v) is 18.6. The number of sulfonamides is 1. The molecule has 1 aromatic carbocycles. The van der Waals surface area contributed by atoms with Crippen LogP contribution in [0.3, 0.4) is 0 Å². The topological polar surface area (TPSA) is 90.0 Å². The third kappa shape index (κ3) is 4.40. The molecule has 4 atom stereocenters. The van der Waals surface area contributed by atoms with Gasteiger partial charge >= 0.3 is 11.9 Å². The molecule has 2 heterocycles. The van der Waals surface area contributed by atoms with Crippen molar-refractivity contribution in [2.45, 2.75) is 49.1 Å². The molecule has 2 aliphatic heterocycles. The fourth-order valence-electron chi connectivity index (χ4n) is 4.54. The lowest BCUT2D eigenvalue weighted by molar-refractivity contribution is -0.147. The minimum atomic E-state index is -3.78. The lowest BCUT2D eigenvalue weighted by atomic mass is 9.79. The van der Waals surface area contributed by atoms with Gasteiger partial charge in [-0.25, -0.2) is 8.42 Å². The minimum Gasteiger partial charge on any atom is -0.469 e. The highest BCUT2D eigenvalue weighted by atomic mass is 35.5. The summed E-state index contributed by atoms with van der Waals surface area (Å²) in [4.78, 5) is 23.9. The molecule has 0 radical (unpaired) electrons. The lowest BCUT2D eigenvalue weighted by Crippen LogP contribution is -2.38. The summed E-state index contributed by atoms with van der Waals surface area (Å²) in [5.41, 5.74) is 0. The van der Waals surface area contributed by atoms with Crippen LogP contribution in [0.1, 0.15) is 32.1 Å². The van der Waals surface area contributed by atoms with Crippen LogP contribution in [0.2, 0.25) is 5.02 Å². The Hall–Kier alpha value is -1.90. The minimum absolute atomic E-state index is 0.162. The highest BCUT2D eigenvalue weighted by Crippen LogP contribution is 2.49. The van der Waals surface area contributed by atoms with Gasteiger partial charge in [-0.05, 0) is 49.9 Å². The first-order valence-electron chi connectivity index (χ1n) is 9.91. The molecule has 2 saturated heterocycles. The standard InChI is InChI=1S/C21H26ClNO6S/c1-28-19(24)7-5-3-4-6-16-17-12-13-18(20(16)21(25)29-2)23(17)30(26,27)15-10-8-14(22)9-11-15/h4,6,8-11,16-18,20H,3,5,7,12-13H2,1-2H3/b6-4-/t16-,17-,18+,20+/m1/s1. The lowest BCUT2D eigenvalue weighted by Gasteiger charge is -2.24. The van der Waals surface area contributed by atoms with E-state index in [1.54, 1.807) is 12.1 Å². The van der Waals surface area contributed by atoms with Gasteiger partial charge in [0.1, 0.15) is 0 Å². The highest BCUT2D eigenvalue weighted by Gasteiger charge is 2.59. The molecular formula is C21H26ClNO6S. The van der Waals surface area contributed by atoms with Crippen molar-refractivity contribution < 1.29 is 27.5 Å². The van der Waals surface area contributed by atoms with Gasteiger partial charge < -0.3 is 9.47 Å². The molecule has 2 bridgehead atoms. The third-order valence-corrected chi connectivity index (χ3v) is 8.10. The van der Waals surface area contributed by atoms with Gasteiger partial charge in [0.15, 0.2) is 0 Å². The molecule has 30 heavy (non-hydrogen) atoms. The third-order valence-electron chi connectivity index (χ3n) is 5.89. The Kier molecular flexibility index (Phi) is 7.21. The van der Waals surface area contributed by atoms with Crippen molar-refractivity contribution in [1.29, 1.82) is 0 Å². The highest BCUT2D eigenvalue weighted by molar-refractivity contribution is 7.89. The van der Waals surface area contributed by atoms with E-state index in [9.17, 15) is 18.0 Å². The van der Waals surface area contributed by atoms with Gasteiger partial charge in [0.25, 0.3) is 0 Å². The van der Waals surface area contributed by atoms with Crippen LogP contribution in [0.5, 0.6) is 0 Å². The van der Waals surface area contributed by atoms with Gasteiger partial charge in [-0.15, -0.1) is 0 Å². The summed E-state index contributed by atoms with van der Waals surface area (Å²) in [5, 5.41) is 0.457. The van der Waals surface area contributed by atoms with Crippen LogP contribution in [0.15, 0.2) is 41.3 Å². The molecule has 164 valence electrons. The fourth-order valence-corrected chi connectivity index (χ4v) is 6.59. The maximum absolute atomic E-state index is 13.3. The number of unbranched alkanes of at least 4 members (excludes halogenated alkanes) is 1. The SMILES string of the molecule is COC(=O)CCC/C=C\[C@H]1[C@H](C(=O)OC)[C@@H]2CC[C@H]1N2S(=O)(=O)c1ccc(Cl)cc1. The smallest absolute Gasteiger partial charge is 0.310 e. The van der Waals surface area contributed by atoms with Crippen LogP contribution >= 0.6 is 11.6 Å². The van der Waals surface area contributed by atoms with Crippen molar-refractivity contribution in [2.24, 2.45) is 11.8 Å². The number of carbonyl (C=O) groups excluding carboxylic acids is 2. The van der Waals surface area contributed by atoms with Crippen LogP contribution in [0, 0.1) is 11.8 Å². The van der Waals surface area contributed by atoms with Crippen LogP contribution in [0.25, 0.3) is 0 Å². The van der Waals surface area contributed by atoms with E-state index in [1.807, 2.05) is 12.2 Å². The number of fused-ring (bicyclic) bond motifs is 2. The molecule has 0 aromatic heterocycles. The number of esters is 2. The largest absolute Gasteiger partial charge is 0.469 e. The Morgan fingerprint density at radius 1 is 1.13 bits per heavy atom. The number of carbonyl (C=O) groups is 2. The van der Waals surface area contributed by atoms with Crippen molar-refractivity contribution in [3.05, 3.63) is 41.4 Å². The molecule has 0 N–H and O–H groups in total. The first-order valence-corrected chi connectivity index (χ1v) is 11.7. The number of halogens is 1. The summed E-state index contributed by atoms with van der Waals surface area (Å²) in [5.74, 6) is -1.48. The van der Waals surface area contributed by atoms with Crippen molar-refractivity contribution in [2.75, 3.05) is 14.2 Å². The molecule has 0 amide bonds. The molecule has 3 rings (SSSR count). The first-order chi connectivity index (χ1) is 14.3. The molecule has 0 aliphatic carbocycles. The van der Waals surface area contributed by atoms with E-state index < -0.39 is 28.0 Å². The van der Waals surface area contributed by atoms with E-state index in [2.05, 4.69) is 4.74 Å². The number of ether oxygens (including phenoxy) is 2. The summed E-state index contributed by atoms with van der Waals surface area (Å²) < 4.78 is 37.8. The van der Waals surface area contributed by atoms with Gasteiger partial charge in [0.05, 0.1) is 25.0 Å². The van der Waals surface area contributed by atoms with Crippen LogP contribution in [0.4, 0.5) is 0 Å². The van der Waals surface area contributed by atoms with Crippen molar-refractivity contribution in [3.63, 3.8) is 0 Å². The average Bonchev–Trinajstić information content (AvgIpc) is 3.30. The predicted molar refractivity (Wildman–Crippen MR) is 111 cm³/mol. The van der Waals surface area contributed by atoms with E-state index in [1.165, 1.54) is 30.7 Å². The van der Waals surface area contributed by atoms with Crippen molar-refractivity contribution in [1.82, 2.24) is 4.31 Å². The number of nitrogens with zero attached hydrogens (tertiary/aromatic N) is 1. The van der Waals surface area contributed by atoms with Gasteiger partial charge in [-0.2, -0.15) is 4.31 Å². The summed E-state index contributed by atoms with van der Waals surface area (Å²) in [6.07, 6.45) is 6.70. The maximum Gasteiger partial charge on any atom is 0.310 e. The Morgan fingerprint density at radius 2 is 1.80 bits per heavy atom. The second kappa shape index (κ2) is 9.49. The van der Waals surface area contributed by atoms with E-state index in [-0.39, 0.29) is 22.8 Å². The summed E-state index contributed by atoms with van der Waals surface area (Å²) in [7, 11) is -1.10. The van der Waals surface area contributed by atoms with Crippen LogP contribution < -0.4 is 0 Å². The molecule has 2 aliphatic rings. The second-order valence-electron chi connectivity index (χ2n) is 7.52. The molecule has 2 fully saturated rings. The molecule has 1 aromatic rings. The molecule has 9 heteroatoms. The Bertz CT molecular complexity index is 914. The number of allylic oxidation sites excluding steroid dienone is 1. The first kappa shape index (κ1) is 22.8. The van der Waals surface area contributed by atoms with Gasteiger partial charge in [-0.3, -0.25) is 9.59 Å². The van der Waals surface area contributed by atoms with Gasteiger partial charge in [-0.1, -0.05) is 23.8 Å². The van der Waals surface area contributed by atoms with Crippen LogP contribution in [-0.4, -0.2) is 51.0 Å². The van der Waals surface area contributed by atoms with E-state index in [4.69, 9.17) is 16.3 Å². The van der Waals surface area contributed by atoms with Gasteiger partial charge in [0.2, 0.25) is 10.0 Å². The molecule has 0 saturated carbocycles. The number of rotatable bonds is 8. The molecule has 0 spiro atoms. The zero-order chi connectivity index (χ0) is 21.9. The number of hydrogen-bond acceptors (Lipinski definition) is 6. The summed E-state index contributed by atoms with van der Waals surface area (Å²) in [6.45, 7) is 0. The predicted octanol–water partition coefficient (Wildman–Crippen LogP) is 3.18. The van der Waals surface area contributed by atoms with Crippen LogP contribution in [-0.2, 0) is 29.1 Å². The second-order valence-corrected chi connectivity index (χ2v) is 9.80. The zero-order valence-electron chi connectivity index (χ0n) is 17.0. The average molecular weight is 456 g/mol. The van der Waals surface area contributed by atoms with E-state index in [0.29, 0.717) is 37.1 Å². The quantitative estimate of drug-likeness (QED) is 0.339. The van der Waals surface area contributed by atoms with Crippen molar-refractivity contribution >= 4 is 33.6 Å². The summed E-state index contributed by atoms with van der Waals surface area (Å²) >= 11 is 5.90. The number of benzene rings is 1. The van der Waals surface area contributed by atoms with Crippen molar-refractivity contribution in [3.8, 4) is 0 Å². The normalized spacial score (nSPS) is 26.2. The molecule has 0 unspecified atom stereocenters. The maximum atomic E-state index is 13.3. The Labute approximate surface area is 182 Å². The number of methoxy groups -OCH3 is 2. The molecular weight excluding hydrogens is 430 g/mol. The Morgan fingerprint density at radius 3 is 2.43 bits per heavy atom. The fraction of sp³-hybridized carbons (Fsp3) is 0.524. The summed E-state index contributed by atoms with van der Waals surface area (Å²) in [6, 6.07) is 5.32. The monoisotopic (exact) mass is 455 g/mol.